The third-order valence-corrected chi connectivity index (χ3v) is 7.71. The zero-order chi connectivity index (χ0) is 28.1. The van der Waals surface area contributed by atoms with Crippen LogP contribution in [-0.2, 0) is 20.9 Å². The zero-order valence-electron chi connectivity index (χ0n) is 22.1. The molecule has 5 rings (SSSR count). The minimum Gasteiger partial charge on any atom is -0.479 e. The Morgan fingerprint density at radius 1 is 0.950 bits per heavy atom. The van der Waals surface area contributed by atoms with Crippen LogP contribution in [0.25, 0.3) is 11.1 Å². The number of likely N-dealkylation sites (tertiary alicyclic amines) is 1. The number of nitrogens with one attached hydrogen (secondary N) is 2. The number of carbonyl (C=O) groups is 3. The van der Waals surface area contributed by atoms with Crippen molar-refractivity contribution in [2.24, 2.45) is 0 Å². The first-order valence-corrected chi connectivity index (χ1v) is 13.4. The smallest absolute Gasteiger partial charge is 0.408 e. The van der Waals surface area contributed by atoms with Gasteiger partial charge in [-0.1, -0.05) is 78.9 Å². The number of benzene rings is 3. The summed E-state index contributed by atoms with van der Waals surface area (Å²) in [7, 11) is 0. The van der Waals surface area contributed by atoms with Gasteiger partial charge in [-0.05, 0) is 34.2 Å². The van der Waals surface area contributed by atoms with E-state index in [1.807, 2.05) is 66.7 Å². The standard InChI is InChI=1S/C31H33N3O6/c35-27(28(36)37)14-16-32-29(38)31(15-17-34(20-31)18-21-8-2-1-3-9-21)33-30(39)40-19-26-24-12-6-4-10-22(24)23-11-5-7-13-25(23)26/h1-13,26-27,35H,14-20H2,(H,32,38)(H,33,39)(H,36,37)/t27-,31?/m0/s1. The van der Waals surface area contributed by atoms with Gasteiger partial charge in [0.2, 0.25) is 5.91 Å². The lowest BCUT2D eigenvalue weighted by atomic mass is 9.97. The van der Waals surface area contributed by atoms with Crippen molar-refractivity contribution in [1.82, 2.24) is 15.5 Å². The summed E-state index contributed by atoms with van der Waals surface area (Å²) in [6.45, 7) is 1.53. The quantitative estimate of drug-likeness (QED) is 0.309. The molecule has 0 radical (unpaired) electrons. The summed E-state index contributed by atoms with van der Waals surface area (Å²) in [6.07, 6.45) is -2.05. The molecule has 1 aliphatic heterocycles. The number of aliphatic hydroxyl groups is 1. The van der Waals surface area contributed by atoms with Crippen LogP contribution in [0.4, 0.5) is 4.79 Å². The van der Waals surface area contributed by atoms with Gasteiger partial charge in [0.1, 0.15) is 12.1 Å². The second-order valence-corrected chi connectivity index (χ2v) is 10.4. The largest absolute Gasteiger partial charge is 0.479 e. The van der Waals surface area contributed by atoms with E-state index in [2.05, 4.69) is 27.7 Å². The molecule has 9 heteroatoms. The SMILES string of the molecule is O=C(NC1(C(=O)NCC[C@H](O)C(=O)O)CCN(Cc2ccccc2)C1)OCC1c2ccccc2-c2ccccc21. The summed E-state index contributed by atoms with van der Waals surface area (Å²) in [5.74, 6) is -1.90. The molecule has 208 valence electrons. The third kappa shape index (κ3) is 5.85. The van der Waals surface area contributed by atoms with E-state index in [0.29, 0.717) is 19.5 Å². The Hall–Kier alpha value is -4.21. The fraction of sp³-hybridized carbons (Fsp3) is 0.323. The predicted molar refractivity (Wildman–Crippen MR) is 149 cm³/mol. The highest BCUT2D eigenvalue weighted by Gasteiger charge is 2.46. The molecule has 2 atom stereocenters. The van der Waals surface area contributed by atoms with Crippen LogP contribution in [-0.4, -0.2) is 71.0 Å². The summed E-state index contributed by atoms with van der Waals surface area (Å²) in [4.78, 5) is 39.6. The summed E-state index contributed by atoms with van der Waals surface area (Å²) < 4.78 is 5.74. The Labute approximate surface area is 232 Å². The van der Waals surface area contributed by atoms with Gasteiger partial charge in [0.15, 0.2) is 6.10 Å². The maximum absolute atomic E-state index is 13.4. The summed E-state index contributed by atoms with van der Waals surface area (Å²) in [5.41, 5.74) is 4.26. The number of alkyl carbamates (subject to hydrolysis) is 1. The third-order valence-electron chi connectivity index (χ3n) is 7.71. The van der Waals surface area contributed by atoms with E-state index in [1.165, 1.54) is 0 Å². The van der Waals surface area contributed by atoms with E-state index in [4.69, 9.17) is 9.84 Å². The minimum absolute atomic E-state index is 0.0426. The topological polar surface area (TPSA) is 128 Å². The minimum atomic E-state index is -1.58. The van der Waals surface area contributed by atoms with E-state index in [1.54, 1.807) is 0 Å². The molecule has 4 N–H and O–H groups in total. The molecule has 0 spiro atoms. The van der Waals surface area contributed by atoms with E-state index < -0.39 is 29.6 Å². The van der Waals surface area contributed by atoms with Crippen molar-refractivity contribution in [3.63, 3.8) is 0 Å². The van der Waals surface area contributed by atoms with E-state index >= 15 is 0 Å². The molecule has 1 unspecified atom stereocenters. The van der Waals surface area contributed by atoms with Gasteiger partial charge in [0.05, 0.1) is 0 Å². The molecule has 1 heterocycles. The Bertz CT molecular complexity index is 1330. The highest BCUT2D eigenvalue weighted by molar-refractivity contribution is 5.91. The van der Waals surface area contributed by atoms with Crippen molar-refractivity contribution < 1.29 is 29.3 Å². The number of aliphatic hydroxyl groups excluding tert-OH is 1. The van der Waals surface area contributed by atoms with Gasteiger partial charge >= 0.3 is 12.1 Å². The number of aliphatic carboxylic acids is 1. The molecule has 3 aromatic carbocycles. The van der Waals surface area contributed by atoms with E-state index in [0.717, 1.165) is 27.8 Å². The van der Waals surface area contributed by atoms with Crippen LogP contribution in [0.15, 0.2) is 78.9 Å². The number of ether oxygens (including phenoxy) is 1. The second-order valence-electron chi connectivity index (χ2n) is 10.4. The highest BCUT2D eigenvalue weighted by atomic mass is 16.5. The van der Waals surface area contributed by atoms with Crippen molar-refractivity contribution in [3.8, 4) is 11.1 Å². The average Bonchev–Trinajstić information content (AvgIpc) is 3.51. The van der Waals surface area contributed by atoms with Crippen LogP contribution < -0.4 is 10.6 Å². The summed E-state index contributed by atoms with van der Waals surface area (Å²) in [6, 6.07) is 26.0. The maximum atomic E-state index is 13.4. The number of amides is 2. The summed E-state index contributed by atoms with van der Waals surface area (Å²) in [5, 5.41) is 24.1. The fourth-order valence-electron chi connectivity index (χ4n) is 5.65. The molecule has 0 saturated carbocycles. The number of carboxylic acid groups (broad SMARTS) is 1. The second kappa shape index (κ2) is 11.9. The molecular formula is C31H33N3O6. The Morgan fingerprint density at radius 2 is 1.57 bits per heavy atom. The Morgan fingerprint density at radius 3 is 2.23 bits per heavy atom. The van der Waals surface area contributed by atoms with Crippen LogP contribution in [0.2, 0.25) is 0 Å². The normalized spacial score (nSPS) is 18.9. The lowest BCUT2D eigenvalue weighted by molar-refractivity contribution is -0.147. The predicted octanol–water partition coefficient (Wildman–Crippen LogP) is 3.12. The number of carboxylic acids is 1. The number of fused-ring (bicyclic) bond motifs is 3. The molecular weight excluding hydrogens is 510 g/mol. The van der Waals surface area contributed by atoms with Crippen LogP contribution in [0.1, 0.15) is 35.4 Å². The lowest BCUT2D eigenvalue weighted by Gasteiger charge is -2.29. The van der Waals surface area contributed by atoms with Gasteiger partial charge in [-0.3, -0.25) is 9.69 Å². The molecule has 1 saturated heterocycles. The van der Waals surface area contributed by atoms with Gasteiger partial charge in [-0.25, -0.2) is 9.59 Å². The Balaban J connectivity index is 1.27. The number of hydrogen-bond acceptors (Lipinski definition) is 6. The monoisotopic (exact) mass is 543 g/mol. The van der Waals surface area contributed by atoms with Crippen LogP contribution >= 0.6 is 0 Å². The van der Waals surface area contributed by atoms with Gasteiger partial charge < -0.3 is 25.6 Å². The lowest BCUT2D eigenvalue weighted by Crippen LogP contribution is -2.60. The molecule has 2 amide bonds. The van der Waals surface area contributed by atoms with Crippen LogP contribution in [0.5, 0.6) is 0 Å². The molecule has 2 aliphatic rings. The van der Waals surface area contributed by atoms with E-state index in [-0.39, 0.29) is 32.0 Å². The van der Waals surface area contributed by atoms with Crippen molar-refractivity contribution in [3.05, 3.63) is 95.6 Å². The highest BCUT2D eigenvalue weighted by Crippen LogP contribution is 2.44. The van der Waals surface area contributed by atoms with Gasteiger partial charge in [-0.15, -0.1) is 0 Å². The van der Waals surface area contributed by atoms with Crippen molar-refractivity contribution >= 4 is 18.0 Å². The van der Waals surface area contributed by atoms with Crippen molar-refractivity contribution in [2.45, 2.75) is 36.9 Å². The van der Waals surface area contributed by atoms with Crippen molar-refractivity contribution in [1.29, 1.82) is 0 Å². The van der Waals surface area contributed by atoms with Crippen molar-refractivity contribution in [2.75, 3.05) is 26.2 Å². The number of hydrogen-bond donors (Lipinski definition) is 4. The number of rotatable bonds is 10. The maximum Gasteiger partial charge on any atom is 0.408 e. The van der Waals surface area contributed by atoms with Gasteiger partial charge in [0, 0.05) is 38.5 Å². The molecule has 9 nitrogen and oxygen atoms in total. The summed E-state index contributed by atoms with van der Waals surface area (Å²) >= 11 is 0. The number of nitrogens with zero attached hydrogens (tertiary/aromatic N) is 1. The molecule has 1 aliphatic carbocycles. The van der Waals surface area contributed by atoms with Gasteiger partial charge in [-0.2, -0.15) is 0 Å². The Kier molecular flexibility index (Phi) is 8.14. The fourth-order valence-corrected chi connectivity index (χ4v) is 5.65. The molecule has 1 fully saturated rings. The van der Waals surface area contributed by atoms with Gasteiger partial charge in [0.25, 0.3) is 0 Å². The van der Waals surface area contributed by atoms with E-state index in [9.17, 15) is 19.5 Å². The molecule has 40 heavy (non-hydrogen) atoms. The molecule has 0 aromatic heterocycles. The van der Waals surface area contributed by atoms with Crippen LogP contribution in [0.3, 0.4) is 0 Å². The average molecular weight is 544 g/mol. The zero-order valence-corrected chi connectivity index (χ0v) is 22.1. The molecule has 0 bridgehead atoms. The first-order valence-electron chi connectivity index (χ1n) is 13.4. The molecule has 3 aromatic rings. The van der Waals surface area contributed by atoms with Crippen LogP contribution in [0, 0.1) is 0 Å². The first-order chi connectivity index (χ1) is 19.4. The number of carbonyl (C=O) groups excluding carboxylic acids is 2. The first kappa shape index (κ1) is 27.4.